The normalized spacial score (nSPS) is 15.5. The number of carbonyl (C=O) groups is 1. The first-order chi connectivity index (χ1) is 12.7. The Labute approximate surface area is 156 Å². The highest BCUT2D eigenvalue weighted by Crippen LogP contribution is 2.41. The molecule has 2 aromatic rings. The highest BCUT2D eigenvalue weighted by Gasteiger charge is 2.39. The van der Waals surface area contributed by atoms with Crippen LogP contribution in [0.25, 0.3) is 0 Å². The van der Waals surface area contributed by atoms with Crippen LogP contribution in [0.2, 0.25) is 0 Å². The van der Waals surface area contributed by atoms with E-state index >= 15 is 0 Å². The Morgan fingerprint density at radius 1 is 1.00 bits per heavy atom. The molecule has 1 aliphatic rings. The molecule has 1 aliphatic carbocycles. The van der Waals surface area contributed by atoms with Gasteiger partial charge in [-0.15, -0.1) is 0 Å². The molecule has 1 amide bonds. The fourth-order valence-electron chi connectivity index (χ4n) is 3.67. The zero-order valence-corrected chi connectivity index (χ0v) is 15.4. The zero-order chi connectivity index (χ0) is 18.2. The number of carbonyl (C=O) groups excluding carboxylic acids is 1. The molecule has 3 rings (SSSR count). The standard InChI is InChI=1S/C22H29N3O/c23-15-17-25(16-12-19-8-3-1-4-9-19)18-21(26)24-22(13-7-14-22)20-10-5-2-6-11-20/h1-6,8-11H,7,12-18,23H2,(H,24,26). The molecular weight excluding hydrogens is 322 g/mol. The van der Waals surface area contributed by atoms with Gasteiger partial charge in [0.25, 0.3) is 0 Å². The number of hydrogen-bond acceptors (Lipinski definition) is 3. The molecule has 0 radical (unpaired) electrons. The summed E-state index contributed by atoms with van der Waals surface area (Å²) in [6.07, 6.45) is 4.13. The SMILES string of the molecule is NCCN(CCc1ccccc1)CC(=O)NC1(c2ccccc2)CCC1. The van der Waals surface area contributed by atoms with E-state index in [0.717, 1.165) is 38.8 Å². The van der Waals surface area contributed by atoms with Crippen LogP contribution in [0.4, 0.5) is 0 Å². The van der Waals surface area contributed by atoms with E-state index in [-0.39, 0.29) is 11.4 Å². The summed E-state index contributed by atoms with van der Waals surface area (Å²) in [6.45, 7) is 2.54. The second-order valence-electron chi connectivity index (χ2n) is 7.15. The maximum Gasteiger partial charge on any atom is 0.234 e. The summed E-state index contributed by atoms with van der Waals surface area (Å²) < 4.78 is 0. The van der Waals surface area contributed by atoms with Crippen molar-refractivity contribution in [3.63, 3.8) is 0 Å². The van der Waals surface area contributed by atoms with Crippen molar-refractivity contribution in [1.82, 2.24) is 10.2 Å². The molecule has 0 aliphatic heterocycles. The van der Waals surface area contributed by atoms with Gasteiger partial charge in [-0.1, -0.05) is 60.7 Å². The fraction of sp³-hybridized carbons (Fsp3) is 0.409. The van der Waals surface area contributed by atoms with Crippen molar-refractivity contribution in [3.05, 3.63) is 71.8 Å². The third-order valence-corrected chi connectivity index (χ3v) is 5.28. The number of amides is 1. The summed E-state index contributed by atoms with van der Waals surface area (Å²) in [5.41, 5.74) is 8.09. The monoisotopic (exact) mass is 351 g/mol. The lowest BCUT2D eigenvalue weighted by molar-refractivity contribution is -0.125. The topological polar surface area (TPSA) is 58.4 Å². The van der Waals surface area contributed by atoms with Gasteiger partial charge in [0.2, 0.25) is 5.91 Å². The summed E-state index contributed by atoms with van der Waals surface area (Å²) in [5.74, 6) is 0.0927. The molecule has 4 heteroatoms. The quantitative estimate of drug-likeness (QED) is 0.730. The Hall–Kier alpha value is -2.17. The second-order valence-corrected chi connectivity index (χ2v) is 7.15. The first-order valence-electron chi connectivity index (χ1n) is 9.55. The van der Waals surface area contributed by atoms with E-state index < -0.39 is 0 Å². The molecule has 1 saturated carbocycles. The van der Waals surface area contributed by atoms with Crippen molar-refractivity contribution in [1.29, 1.82) is 0 Å². The average molecular weight is 351 g/mol. The first kappa shape index (κ1) is 18.6. The predicted octanol–water partition coefficient (Wildman–Crippen LogP) is 2.69. The van der Waals surface area contributed by atoms with E-state index in [1.54, 1.807) is 0 Å². The fourth-order valence-corrected chi connectivity index (χ4v) is 3.67. The van der Waals surface area contributed by atoms with Gasteiger partial charge in [0, 0.05) is 19.6 Å². The van der Waals surface area contributed by atoms with Gasteiger partial charge in [0.05, 0.1) is 12.1 Å². The number of nitrogens with two attached hydrogens (primary N) is 1. The van der Waals surface area contributed by atoms with Crippen LogP contribution in [-0.4, -0.2) is 37.0 Å². The molecule has 0 saturated heterocycles. The van der Waals surface area contributed by atoms with Crippen molar-refractivity contribution in [2.24, 2.45) is 5.73 Å². The molecule has 26 heavy (non-hydrogen) atoms. The van der Waals surface area contributed by atoms with Gasteiger partial charge in [0.15, 0.2) is 0 Å². The highest BCUT2D eigenvalue weighted by molar-refractivity contribution is 5.79. The van der Waals surface area contributed by atoms with Gasteiger partial charge in [0.1, 0.15) is 0 Å². The zero-order valence-electron chi connectivity index (χ0n) is 15.4. The maximum atomic E-state index is 12.7. The molecule has 4 nitrogen and oxygen atoms in total. The average Bonchev–Trinajstić information content (AvgIpc) is 2.64. The van der Waals surface area contributed by atoms with E-state index in [1.165, 1.54) is 11.1 Å². The summed E-state index contributed by atoms with van der Waals surface area (Å²) in [7, 11) is 0. The summed E-state index contributed by atoms with van der Waals surface area (Å²) >= 11 is 0. The van der Waals surface area contributed by atoms with Crippen LogP contribution in [0.15, 0.2) is 60.7 Å². The third kappa shape index (κ3) is 4.71. The summed E-state index contributed by atoms with van der Waals surface area (Å²) in [4.78, 5) is 14.9. The van der Waals surface area contributed by atoms with Crippen LogP contribution < -0.4 is 11.1 Å². The van der Waals surface area contributed by atoms with Crippen LogP contribution in [0, 0.1) is 0 Å². The van der Waals surface area contributed by atoms with Crippen LogP contribution in [0.3, 0.4) is 0 Å². The van der Waals surface area contributed by atoms with E-state index in [2.05, 4.69) is 46.6 Å². The molecule has 2 aromatic carbocycles. The molecular formula is C22H29N3O. The number of hydrogen-bond donors (Lipinski definition) is 2. The molecule has 0 atom stereocenters. The van der Waals surface area contributed by atoms with Crippen LogP contribution >= 0.6 is 0 Å². The Kier molecular flexibility index (Phi) is 6.42. The van der Waals surface area contributed by atoms with Crippen molar-refractivity contribution in [2.75, 3.05) is 26.2 Å². The Morgan fingerprint density at radius 3 is 2.23 bits per heavy atom. The minimum absolute atomic E-state index is 0.0927. The molecule has 0 aromatic heterocycles. The molecule has 0 spiro atoms. The summed E-state index contributed by atoms with van der Waals surface area (Å²) in [5, 5.41) is 3.31. The van der Waals surface area contributed by atoms with Crippen molar-refractivity contribution in [2.45, 2.75) is 31.2 Å². The number of rotatable bonds is 9. The van der Waals surface area contributed by atoms with E-state index in [9.17, 15) is 4.79 Å². The molecule has 0 heterocycles. The maximum absolute atomic E-state index is 12.7. The highest BCUT2D eigenvalue weighted by atomic mass is 16.2. The van der Waals surface area contributed by atoms with Crippen LogP contribution in [-0.2, 0) is 16.8 Å². The van der Waals surface area contributed by atoms with Crippen molar-refractivity contribution < 1.29 is 4.79 Å². The van der Waals surface area contributed by atoms with Crippen LogP contribution in [0.5, 0.6) is 0 Å². The van der Waals surface area contributed by atoms with E-state index in [4.69, 9.17) is 5.73 Å². The predicted molar refractivity (Wildman–Crippen MR) is 106 cm³/mol. The number of benzene rings is 2. The number of nitrogens with one attached hydrogen (secondary N) is 1. The molecule has 1 fully saturated rings. The lowest BCUT2D eigenvalue weighted by Crippen LogP contribution is -2.53. The molecule has 3 N–H and O–H groups in total. The minimum Gasteiger partial charge on any atom is -0.345 e. The van der Waals surface area contributed by atoms with Gasteiger partial charge < -0.3 is 11.1 Å². The Bertz CT molecular complexity index is 683. The van der Waals surface area contributed by atoms with Crippen LogP contribution in [0.1, 0.15) is 30.4 Å². The Balaban J connectivity index is 1.57. The van der Waals surface area contributed by atoms with Crippen molar-refractivity contribution in [3.8, 4) is 0 Å². The van der Waals surface area contributed by atoms with Gasteiger partial charge in [-0.2, -0.15) is 0 Å². The third-order valence-electron chi connectivity index (χ3n) is 5.28. The molecule has 0 unspecified atom stereocenters. The van der Waals surface area contributed by atoms with E-state index in [1.807, 2.05) is 24.3 Å². The summed E-state index contributed by atoms with van der Waals surface area (Å²) in [6, 6.07) is 20.7. The Morgan fingerprint density at radius 2 is 1.65 bits per heavy atom. The van der Waals surface area contributed by atoms with Gasteiger partial charge in [-0.05, 0) is 36.8 Å². The minimum atomic E-state index is -0.174. The van der Waals surface area contributed by atoms with Gasteiger partial charge in [-0.3, -0.25) is 9.69 Å². The number of nitrogens with zero attached hydrogens (tertiary/aromatic N) is 1. The van der Waals surface area contributed by atoms with Crippen molar-refractivity contribution >= 4 is 5.91 Å². The molecule has 138 valence electrons. The second kappa shape index (κ2) is 8.97. The van der Waals surface area contributed by atoms with E-state index in [0.29, 0.717) is 13.1 Å². The van der Waals surface area contributed by atoms with Gasteiger partial charge in [-0.25, -0.2) is 0 Å². The smallest absolute Gasteiger partial charge is 0.234 e. The molecule has 0 bridgehead atoms. The van der Waals surface area contributed by atoms with Gasteiger partial charge >= 0.3 is 0 Å². The largest absolute Gasteiger partial charge is 0.345 e. The lowest BCUT2D eigenvalue weighted by atomic mass is 9.72. The first-order valence-corrected chi connectivity index (χ1v) is 9.55. The lowest BCUT2D eigenvalue weighted by Gasteiger charge is -2.43.